The van der Waals surface area contributed by atoms with E-state index in [1.54, 1.807) is 11.9 Å². The average molecular weight is 467 g/mol. The van der Waals surface area contributed by atoms with Crippen molar-refractivity contribution in [1.82, 2.24) is 4.90 Å². The van der Waals surface area contributed by atoms with Crippen molar-refractivity contribution in [1.29, 1.82) is 0 Å². The van der Waals surface area contributed by atoms with Gasteiger partial charge in [-0.15, -0.1) is 0 Å². The van der Waals surface area contributed by atoms with Crippen LogP contribution in [0.4, 0.5) is 14.5 Å². The first kappa shape index (κ1) is 23.6. The van der Waals surface area contributed by atoms with Crippen LogP contribution in [0.3, 0.4) is 0 Å². The highest BCUT2D eigenvalue weighted by molar-refractivity contribution is 7.92. The lowest BCUT2D eigenvalue weighted by atomic mass is 9.94. The maximum Gasteiger partial charge on any atom is 0.338 e. The zero-order valence-corrected chi connectivity index (χ0v) is 18.3. The number of sulfonamides is 1. The van der Waals surface area contributed by atoms with Crippen LogP contribution in [0.5, 0.6) is 0 Å². The minimum absolute atomic E-state index is 0.111. The number of nitrogens with zero attached hydrogens (tertiary/aromatic N) is 1. The Morgan fingerprint density at radius 2 is 1.69 bits per heavy atom. The molecule has 1 amide bonds. The van der Waals surface area contributed by atoms with Crippen LogP contribution in [0.1, 0.15) is 42.5 Å². The van der Waals surface area contributed by atoms with E-state index in [0.29, 0.717) is 6.07 Å². The van der Waals surface area contributed by atoms with Crippen molar-refractivity contribution in [2.45, 2.75) is 43.0 Å². The second kappa shape index (κ2) is 10.1. The molecule has 1 aliphatic rings. The number of esters is 1. The van der Waals surface area contributed by atoms with E-state index in [9.17, 15) is 26.8 Å². The van der Waals surface area contributed by atoms with E-state index in [1.165, 1.54) is 30.7 Å². The minimum Gasteiger partial charge on any atom is -0.452 e. The molecular weight excluding hydrogens is 442 g/mol. The Morgan fingerprint density at radius 1 is 1.03 bits per heavy atom. The van der Waals surface area contributed by atoms with E-state index in [2.05, 4.69) is 4.72 Å². The molecule has 0 unspecified atom stereocenters. The fraction of sp³-hybridized carbons (Fsp3) is 0.364. The molecule has 1 N–H and O–H groups in total. The van der Waals surface area contributed by atoms with Gasteiger partial charge in [0.2, 0.25) is 0 Å². The molecule has 1 saturated carbocycles. The zero-order valence-electron chi connectivity index (χ0n) is 17.5. The minimum atomic E-state index is -4.15. The Balaban J connectivity index is 1.56. The van der Waals surface area contributed by atoms with Crippen LogP contribution < -0.4 is 4.72 Å². The Morgan fingerprint density at radius 3 is 2.31 bits per heavy atom. The molecule has 10 heteroatoms. The summed E-state index contributed by atoms with van der Waals surface area (Å²) in [6.45, 7) is -0.379. The third-order valence-corrected chi connectivity index (χ3v) is 6.80. The van der Waals surface area contributed by atoms with Gasteiger partial charge in [-0.3, -0.25) is 9.52 Å². The van der Waals surface area contributed by atoms with Crippen molar-refractivity contribution in [3.8, 4) is 0 Å². The van der Waals surface area contributed by atoms with E-state index in [1.807, 2.05) is 0 Å². The molecule has 2 aromatic rings. The molecule has 0 atom stereocenters. The van der Waals surface area contributed by atoms with E-state index in [4.69, 9.17) is 4.74 Å². The monoisotopic (exact) mass is 466 g/mol. The topological polar surface area (TPSA) is 92.8 Å². The second-order valence-electron chi connectivity index (χ2n) is 7.63. The molecule has 0 aliphatic heterocycles. The molecule has 0 spiro atoms. The van der Waals surface area contributed by atoms with Crippen LogP contribution in [0.25, 0.3) is 0 Å². The lowest BCUT2D eigenvalue weighted by Gasteiger charge is -2.31. The number of hydrogen-bond acceptors (Lipinski definition) is 5. The van der Waals surface area contributed by atoms with Gasteiger partial charge in [0, 0.05) is 18.8 Å². The van der Waals surface area contributed by atoms with Crippen molar-refractivity contribution in [3.05, 3.63) is 59.7 Å². The number of halogens is 2. The van der Waals surface area contributed by atoms with Crippen LogP contribution in [0.2, 0.25) is 0 Å². The Hall–Kier alpha value is -3.01. The highest BCUT2D eigenvalue weighted by atomic mass is 32.2. The van der Waals surface area contributed by atoms with Crippen LogP contribution in [-0.4, -0.2) is 44.9 Å². The lowest BCUT2D eigenvalue weighted by Crippen LogP contribution is -2.40. The molecule has 7 nitrogen and oxygen atoms in total. The van der Waals surface area contributed by atoms with Crippen molar-refractivity contribution in [2.24, 2.45) is 0 Å². The van der Waals surface area contributed by atoms with E-state index in [0.717, 1.165) is 37.8 Å². The number of hydrogen-bond donors (Lipinski definition) is 1. The van der Waals surface area contributed by atoms with E-state index >= 15 is 0 Å². The molecular formula is C22H24F2N2O5S. The molecule has 0 bridgehead atoms. The van der Waals surface area contributed by atoms with Gasteiger partial charge in [0.25, 0.3) is 15.9 Å². The van der Waals surface area contributed by atoms with Gasteiger partial charge in [-0.25, -0.2) is 22.0 Å². The van der Waals surface area contributed by atoms with E-state index < -0.39 is 32.5 Å². The molecule has 0 saturated heterocycles. The number of amides is 1. The van der Waals surface area contributed by atoms with Gasteiger partial charge >= 0.3 is 5.97 Å². The Kier molecular flexibility index (Phi) is 7.44. The summed E-state index contributed by atoms with van der Waals surface area (Å²) in [5.74, 6) is -3.43. The molecule has 32 heavy (non-hydrogen) atoms. The van der Waals surface area contributed by atoms with Gasteiger partial charge in [-0.1, -0.05) is 19.3 Å². The SMILES string of the molecule is CN(C(=O)COC(=O)c1ccc(NS(=O)(=O)c2ccc(F)c(F)c2)cc1)C1CCCCC1. The van der Waals surface area contributed by atoms with Gasteiger partial charge in [0.05, 0.1) is 10.5 Å². The van der Waals surface area contributed by atoms with Gasteiger partial charge in [-0.05, 0) is 55.3 Å². The highest BCUT2D eigenvalue weighted by Crippen LogP contribution is 2.22. The number of likely N-dealkylation sites (N-methyl/N-ethyl adjacent to an activating group) is 1. The third kappa shape index (κ3) is 5.82. The molecule has 1 fully saturated rings. The molecule has 172 valence electrons. The number of anilines is 1. The molecule has 0 heterocycles. The maximum absolute atomic E-state index is 13.3. The predicted octanol–water partition coefficient (Wildman–Crippen LogP) is 3.71. The molecule has 0 radical (unpaired) electrons. The summed E-state index contributed by atoms with van der Waals surface area (Å²) in [6.07, 6.45) is 5.21. The summed E-state index contributed by atoms with van der Waals surface area (Å²) >= 11 is 0. The van der Waals surface area contributed by atoms with Crippen LogP contribution >= 0.6 is 0 Å². The molecule has 0 aromatic heterocycles. The summed E-state index contributed by atoms with van der Waals surface area (Å²) in [7, 11) is -2.44. The van der Waals surface area contributed by atoms with Crippen LogP contribution in [0.15, 0.2) is 47.4 Å². The number of benzene rings is 2. The average Bonchev–Trinajstić information content (AvgIpc) is 2.79. The number of carbonyl (C=O) groups excluding carboxylic acids is 2. The normalized spacial score (nSPS) is 14.6. The fourth-order valence-corrected chi connectivity index (χ4v) is 4.59. The van der Waals surface area contributed by atoms with Crippen LogP contribution in [-0.2, 0) is 19.6 Å². The summed E-state index contributed by atoms with van der Waals surface area (Å²) < 4.78 is 58.3. The van der Waals surface area contributed by atoms with Gasteiger partial charge < -0.3 is 9.64 Å². The largest absolute Gasteiger partial charge is 0.452 e. The first-order valence-corrected chi connectivity index (χ1v) is 11.7. The maximum atomic E-state index is 13.3. The van der Waals surface area contributed by atoms with Gasteiger partial charge in [0.15, 0.2) is 18.2 Å². The number of carbonyl (C=O) groups is 2. The van der Waals surface area contributed by atoms with Crippen molar-refractivity contribution in [3.63, 3.8) is 0 Å². The third-order valence-electron chi connectivity index (χ3n) is 5.42. The first-order chi connectivity index (χ1) is 15.2. The summed E-state index contributed by atoms with van der Waals surface area (Å²) in [6, 6.07) is 7.71. The Bertz CT molecular complexity index is 1080. The molecule has 3 rings (SSSR count). The summed E-state index contributed by atoms with van der Waals surface area (Å²) in [5, 5.41) is 0. The van der Waals surface area contributed by atoms with Crippen LogP contribution in [0, 0.1) is 11.6 Å². The molecule has 1 aliphatic carbocycles. The van der Waals surface area contributed by atoms with Gasteiger partial charge in [0.1, 0.15) is 0 Å². The first-order valence-electron chi connectivity index (χ1n) is 10.2. The quantitative estimate of drug-likeness (QED) is 0.628. The van der Waals surface area contributed by atoms with Crippen molar-refractivity contribution >= 4 is 27.6 Å². The lowest BCUT2D eigenvalue weighted by molar-refractivity contribution is -0.135. The fourth-order valence-electron chi connectivity index (χ4n) is 3.52. The molecule has 2 aromatic carbocycles. The van der Waals surface area contributed by atoms with E-state index in [-0.39, 0.29) is 29.8 Å². The highest BCUT2D eigenvalue weighted by Gasteiger charge is 2.23. The summed E-state index contributed by atoms with van der Waals surface area (Å²) in [5.41, 5.74) is 0.244. The number of ether oxygens (including phenoxy) is 1. The second-order valence-corrected chi connectivity index (χ2v) is 9.31. The predicted molar refractivity (Wildman–Crippen MR) is 114 cm³/mol. The standard InChI is InChI=1S/C22H24F2N2O5S/c1-26(17-5-3-2-4-6-17)21(27)14-31-22(28)15-7-9-16(10-8-15)25-32(29,30)18-11-12-19(23)20(24)13-18/h7-13,17,25H,2-6,14H2,1H3. The Labute approximate surface area is 185 Å². The van der Waals surface area contributed by atoms with Crippen molar-refractivity contribution in [2.75, 3.05) is 18.4 Å². The van der Waals surface area contributed by atoms with Gasteiger partial charge in [-0.2, -0.15) is 0 Å². The summed E-state index contributed by atoms with van der Waals surface area (Å²) in [4.78, 5) is 25.7. The smallest absolute Gasteiger partial charge is 0.338 e. The number of rotatable bonds is 7. The zero-order chi connectivity index (χ0) is 23.3. The van der Waals surface area contributed by atoms with Crippen molar-refractivity contribution < 1.29 is 31.5 Å². The number of nitrogens with one attached hydrogen (secondary N) is 1.